The lowest BCUT2D eigenvalue weighted by atomic mass is 10.1. The van der Waals surface area contributed by atoms with Gasteiger partial charge >= 0.3 is 0 Å². The second-order valence-electron chi connectivity index (χ2n) is 5.51. The summed E-state index contributed by atoms with van der Waals surface area (Å²) < 4.78 is 5.39. The average Bonchev–Trinajstić information content (AvgIpc) is 2.63. The van der Waals surface area contributed by atoms with E-state index in [1.807, 2.05) is 13.0 Å². The Balaban J connectivity index is 2.08. The molecule has 0 spiro atoms. The monoisotopic (exact) mass is 338 g/mol. The Morgan fingerprint density at radius 1 is 1.12 bits per heavy atom. The lowest BCUT2D eigenvalue weighted by Gasteiger charge is -2.11. The lowest BCUT2D eigenvalue weighted by Crippen LogP contribution is -2.14. The predicted octanol–water partition coefficient (Wildman–Crippen LogP) is 4.16. The van der Waals surface area contributed by atoms with E-state index in [0.717, 1.165) is 5.56 Å². The second kappa shape index (κ2) is 8.68. The van der Waals surface area contributed by atoms with Gasteiger partial charge in [-0.05, 0) is 48.9 Å². The number of carbonyl (C=O) groups is 2. The first kappa shape index (κ1) is 18.3. The normalized spacial score (nSPS) is 10.0. The molecule has 0 atom stereocenters. The highest BCUT2D eigenvalue weighted by atomic mass is 16.5. The van der Waals surface area contributed by atoms with Gasteiger partial charge < -0.3 is 15.4 Å². The van der Waals surface area contributed by atoms with Gasteiger partial charge in [0.2, 0.25) is 5.91 Å². The number of rotatable bonds is 7. The summed E-state index contributed by atoms with van der Waals surface area (Å²) in [6.45, 7) is 7.70. The van der Waals surface area contributed by atoms with Crippen LogP contribution in [0.1, 0.15) is 29.3 Å². The van der Waals surface area contributed by atoms with Crippen LogP contribution in [0.15, 0.2) is 55.1 Å². The average molecular weight is 338 g/mol. The van der Waals surface area contributed by atoms with Gasteiger partial charge in [-0.3, -0.25) is 9.59 Å². The number of ether oxygens (including phenoxy) is 1. The SMILES string of the molecule is C=CCOc1ccc(C(=O)Nc2ccc(C)c(NC(=O)CC)c2)cc1. The topological polar surface area (TPSA) is 67.4 Å². The molecule has 0 heterocycles. The van der Waals surface area contributed by atoms with Crippen molar-refractivity contribution >= 4 is 23.2 Å². The van der Waals surface area contributed by atoms with Crippen molar-refractivity contribution in [1.82, 2.24) is 0 Å². The van der Waals surface area contributed by atoms with E-state index in [0.29, 0.717) is 35.7 Å². The van der Waals surface area contributed by atoms with Crippen molar-refractivity contribution in [3.63, 3.8) is 0 Å². The third-order valence-electron chi connectivity index (χ3n) is 3.57. The summed E-state index contributed by atoms with van der Waals surface area (Å²) in [6.07, 6.45) is 2.06. The Kier molecular flexibility index (Phi) is 6.34. The van der Waals surface area contributed by atoms with Crippen LogP contribution in [-0.2, 0) is 4.79 Å². The standard InChI is InChI=1S/C20H22N2O3/c1-4-12-25-17-10-7-15(8-11-17)20(24)21-16-9-6-14(3)18(13-16)22-19(23)5-2/h4,6-11,13H,1,5,12H2,2-3H3,(H,21,24)(H,22,23). The van der Waals surface area contributed by atoms with Gasteiger partial charge in [0.05, 0.1) is 0 Å². The third-order valence-corrected chi connectivity index (χ3v) is 3.57. The van der Waals surface area contributed by atoms with E-state index in [1.54, 1.807) is 49.4 Å². The van der Waals surface area contributed by atoms with E-state index in [-0.39, 0.29) is 11.8 Å². The van der Waals surface area contributed by atoms with Crippen LogP contribution >= 0.6 is 0 Å². The number of aryl methyl sites for hydroxylation is 1. The smallest absolute Gasteiger partial charge is 0.255 e. The van der Waals surface area contributed by atoms with Gasteiger partial charge in [-0.25, -0.2) is 0 Å². The molecule has 5 nitrogen and oxygen atoms in total. The van der Waals surface area contributed by atoms with Crippen molar-refractivity contribution in [3.8, 4) is 5.75 Å². The molecule has 2 aromatic rings. The molecule has 0 fully saturated rings. The minimum Gasteiger partial charge on any atom is -0.490 e. The van der Waals surface area contributed by atoms with Gasteiger partial charge in [-0.2, -0.15) is 0 Å². The Hall–Kier alpha value is -3.08. The first-order chi connectivity index (χ1) is 12.0. The molecule has 5 heteroatoms. The Morgan fingerprint density at radius 3 is 2.48 bits per heavy atom. The zero-order chi connectivity index (χ0) is 18.2. The number of benzene rings is 2. The zero-order valence-electron chi connectivity index (χ0n) is 14.5. The molecule has 2 N–H and O–H groups in total. The van der Waals surface area contributed by atoms with Crippen molar-refractivity contribution in [1.29, 1.82) is 0 Å². The van der Waals surface area contributed by atoms with Crippen LogP contribution < -0.4 is 15.4 Å². The maximum absolute atomic E-state index is 12.4. The third kappa shape index (κ3) is 5.21. The Labute approximate surface area is 147 Å². The minimum absolute atomic E-state index is 0.0679. The van der Waals surface area contributed by atoms with Crippen LogP contribution in [0.2, 0.25) is 0 Å². The summed E-state index contributed by atoms with van der Waals surface area (Å²) in [5, 5.41) is 5.66. The maximum Gasteiger partial charge on any atom is 0.255 e. The highest BCUT2D eigenvalue weighted by molar-refractivity contribution is 6.04. The van der Waals surface area contributed by atoms with Gasteiger partial charge in [-0.1, -0.05) is 25.6 Å². The van der Waals surface area contributed by atoms with Crippen molar-refractivity contribution in [2.24, 2.45) is 0 Å². The molecule has 0 saturated carbocycles. The van der Waals surface area contributed by atoms with Crippen molar-refractivity contribution in [2.75, 3.05) is 17.2 Å². The highest BCUT2D eigenvalue weighted by Crippen LogP contribution is 2.21. The Bertz CT molecular complexity index is 767. The number of nitrogens with one attached hydrogen (secondary N) is 2. The molecule has 2 amide bonds. The van der Waals surface area contributed by atoms with Crippen LogP contribution in [0, 0.1) is 6.92 Å². The van der Waals surface area contributed by atoms with E-state index < -0.39 is 0 Å². The Morgan fingerprint density at radius 2 is 1.84 bits per heavy atom. The summed E-state index contributed by atoms with van der Waals surface area (Å²) in [7, 11) is 0. The van der Waals surface area contributed by atoms with Crippen LogP contribution in [0.4, 0.5) is 11.4 Å². The number of anilines is 2. The molecule has 0 aromatic heterocycles. The van der Waals surface area contributed by atoms with E-state index in [2.05, 4.69) is 17.2 Å². The molecule has 0 aliphatic heterocycles. The second-order valence-corrected chi connectivity index (χ2v) is 5.51. The van der Waals surface area contributed by atoms with Gasteiger partial charge in [-0.15, -0.1) is 0 Å². The van der Waals surface area contributed by atoms with Gasteiger partial charge in [0, 0.05) is 23.4 Å². The molecule has 130 valence electrons. The molecule has 0 bridgehead atoms. The first-order valence-electron chi connectivity index (χ1n) is 8.09. The first-order valence-corrected chi connectivity index (χ1v) is 8.09. The molecule has 0 saturated heterocycles. The fraction of sp³-hybridized carbons (Fsp3) is 0.200. The fourth-order valence-electron chi connectivity index (χ4n) is 2.13. The van der Waals surface area contributed by atoms with Crippen molar-refractivity contribution in [2.45, 2.75) is 20.3 Å². The number of hydrogen-bond acceptors (Lipinski definition) is 3. The number of amides is 2. The minimum atomic E-state index is -0.230. The van der Waals surface area contributed by atoms with E-state index >= 15 is 0 Å². The summed E-state index contributed by atoms with van der Waals surface area (Å²) in [6, 6.07) is 12.3. The zero-order valence-corrected chi connectivity index (χ0v) is 14.5. The molecular weight excluding hydrogens is 316 g/mol. The van der Waals surface area contributed by atoms with Gasteiger partial charge in [0.1, 0.15) is 12.4 Å². The lowest BCUT2D eigenvalue weighted by molar-refractivity contribution is -0.115. The largest absolute Gasteiger partial charge is 0.490 e. The summed E-state index contributed by atoms with van der Waals surface area (Å²) in [5.74, 6) is 0.380. The highest BCUT2D eigenvalue weighted by Gasteiger charge is 2.09. The van der Waals surface area contributed by atoms with Gasteiger partial charge in [0.25, 0.3) is 5.91 Å². The van der Waals surface area contributed by atoms with Crippen molar-refractivity contribution < 1.29 is 14.3 Å². The summed E-state index contributed by atoms with van der Waals surface area (Å²) in [5.41, 5.74) is 2.76. The fourth-order valence-corrected chi connectivity index (χ4v) is 2.13. The molecule has 0 aliphatic rings. The molecule has 0 unspecified atom stereocenters. The van der Waals surface area contributed by atoms with Crippen LogP contribution in [-0.4, -0.2) is 18.4 Å². The van der Waals surface area contributed by atoms with Crippen LogP contribution in [0.3, 0.4) is 0 Å². The molecule has 0 radical (unpaired) electrons. The quantitative estimate of drug-likeness (QED) is 0.745. The molecule has 2 rings (SSSR count). The van der Waals surface area contributed by atoms with Crippen LogP contribution in [0.5, 0.6) is 5.75 Å². The predicted molar refractivity (Wildman–Crippen MR) is 100 cm³/mol. The molecule has 25 heavy (non-hydrogen) atoms. The molecule has 0 aliphatic carbocycles. The van der Waals surface area contributed by atoms with E-state index in [4.69, 9.17) is 4.74 Å². The summed E-state index contributed by atoms with van der Waals surface area (Å²) >= 11 is 0. The number of carbonyl (C=O) groups excluding carboxylic acids is 2. The van der Waals surface area contributed by atoms with E-state index in [9.17, 15) is 9.59 Å². The number of hydrogen-bond donors (Lipinski definition) is 2. The van der Waals surface area contributed by atoms with Gasteiger partial charge in [0.15, 0.2) is 0 Å². The molecular formula is C20H22N2O3. The van der Waals surface area contributed by atoms with E-state index in [1.165, 1.54) is 0 Å². The van der Waals surface area contributed by atoms with Crippen LogP contribution in [0.25, 0.3) is 0 Å². The van der Waals surface area contributed by atoms with Crippen molar-refractivity contribution in [3.05, 3.63) is 66.2 Å². The maximum atomic E-state index is 12.4. The molecule has 2 aromatic carbocycles. The summed E-state index contributed by atoms with van der Waals surface area (Å²) in [4.78, 5) is 23.9.